The van der Waals surface area contributed by atoms with E-state index in [1.165, 1.54) is 240 Å². The molecule has 4 heteroatoms. The van der Waals surface area contributed by atoms with Gasteiger partial charge in [-0.3, -0.25) is 0 Å². The van der Waals surface area contributed by atoms with Crippen LogP contribution in [0.2, 0.25) is 0 Å². The van der Waals surface area contributed by atoms with E-state index in [0.29, 0.717) is 0 Å². The lowest BCUT2D eigenvalue weighted by molar-refractivity contribution is 0.669. The molecular weight excluding hydrogens is 1670 g/mol. The molecule has 0 spiro atoms. The lowest BCUT2D eigenvalue weighted by Gasteiger charge is -2.19. The quantitative estimate of drug-likeness (QED) is 0.112. The first kappa shape index (κ1) is 78.4. The van der Waals surface area contributed by atoms with Crippen LogP contribution in [0.25, 0.3) is 290 Å². The molecule has 0 bridgehead atoms. The van der Waals surface area contributed by atoms with Crippen LogP contribution in [0.3, 0.4) is 0 Å². The predicted octanol–water partition coefficient (Wildman–Crippen LogP) is 38.2. The Morgan fingerprint density at radius 3 is 0.790 bits per heavy atom. The highest BCUT2D eigenvalue weighted by atomic mass is 16.3. The van der Waals surface area contributed by atoms with E-state index in [4.69, 9.17) is 13.3 Å². The van der Waals surface area contributed by atoms with Crippen molar-refractivity contribution in [2.24, 2.45) is 0 Å². The molecule has 0 saturated carbocycles. The van der Waals surface area contributed by atoms with Crippen LogP contribution in [0.5, 0.6) is 0 Å². The van der Waals surface area contributed by atoms with Crippen LogP contribution in [0.1, 0.15) is 0 Å². The summed E-state index contributed by atoms with van der Waals surface area (Å²) >= 11 is 0. The minimum absolute atomic E-state index is 0.910. The van der Waals surface area contributed by atoms with Gasteiger partial charge in [0.25, 0.3) is 0 Å². The number of benzene rings is 26. The van der Waals surface area contributed by atoms with Gasteiger partial charge in [0.2, 0.25) is 0 Å². The summed E-state index contributed by atoms with van der Waals surface area (Å²) in [4.78, 5) is 0. The SMILES string of the molecule is c1ccc(-c2ccc(-c3c4ccccc4c(-c4ccc5oc6ccc7ccccc7c6c5c4)c4ccccc34)cc2)cc1.c1ccc(-n2c3ccccc3c3cc(-c4c5ccccc5c(-c5ccc6oc7ccc8ccccc8c7c6c5)c5ccccc45)ccc32)cc1.c1ccc2c(c1)cc(-c1c3ccccc3c(-c3ccc4oc5ccc6ccccc6c5c4c3)c3ccccc13)c1ccccc12. The fourth-order valence-electron chi connectivity index (χ4n) is 23.0. The van der Waals surface area contributed by atoms with Gasteiger partial charge in [0.1, 0.15) is 33.5 Å². The largest absolute Gasteiger partial charge is 0.456 e. The number of rotatable bonds is 8. The average molecular weight is 1750 g/mol. The summed E-state index contributed by atoms with van der Waals surface area (Å²) in [5.74, 6) is 0. The summed E-state index contributed by atoms with van der Waals surface area (Å²) < 4.78 is 21.5. The molecule has 30 aromatic rings. The van der Waals surface area contributed by atoms with Crippen molar-refractivity contribution in [3.63, 3.8) is 0 Å². The lowest BCUT2D eigenvalue weighted by Crippen LogP contribution is -1.93. The maximum atomic E-state index is 6.40. The molecule has 0 aliphatic rings. The van der Waals surface area contributed by atoms with Crippen molar-refractivity contribution in [3.05, 3.63) is 491 Å². The third-order valence-electron chi connectivity index (χ3n) is 29.0. The second-order valence-electron chi connectivity index (χ2n) is 36.5. The van der Waals surface area contributed by atoms with E-state index < -0.39 is 0 Å². The van der Waals surface area contributed by atoms with Gasteiger partial charge in [-0.05, 0) is 287 Å². The van der Waals surface area contributed by atoms with Gasteiger partial charge >= 0.3 is 0 Å². The van der Waals surface area contributed by atoms with Crippen LogP contribution in [0.15, 0.2) is 505 Å². The molecule has 0 aliphatic carbocycles. The maximum absolute atomic E-state index is 6.40. The molecule has 30 rings (SSSR count). The Morgan fingerprint density at radius 2 is 0.391 bits per heavy atom. The minimum Gasteiger partial charge on any atom is -0.456 e. The van der Waals surface area contributed by atoms with E-state index in [9.17, 15) is 0 Å². The monoisotopic (exact) mass is 1750 g/mol. The van der Waals surface area contributed by atoms with Gasteiger partial charge in [0.05, 0.1) is 11.0 Å². The van der Waals surface area contributed by atoms with Gasteiger partial charge in [-0.1, -0.05) is 400 Å². The number of aromatic nitrogens is 1. The van der Waals surface area contributed by atoms with Crippen LogP contribution >= 0.6 is 0 Å². The smallest absolute Gasteiger partial charge is 0.136 e. The summed E-state index contributed by atoms with van der Waals surface area (Å²) in [7, 11) is 0. The molecule has 0 radical (unpaired) electrons. The first-order valence-electron chi connectivity index (χ1n) is 47.5. The van der Waals surface area contributed by atoms with Crippen LogP contribution < -0.4 is 0 Å². The maximum Gasteiger partial charge on any atom is 0.136 e. The highest BCUT2D eigenvalue weighted by Gasteiger charge is 2.26. The van der Waals surface area contributed by atoms with E-state index in [1.807, 2.05) is 0 Å². The number of para-hydroxylation sites is 2. The van der Waals surface area contributed by atoms with Crippen LogP contribution in [0, 0.1) is 0 Å². The van der Waals surface area contributed by atoms with Gasteiger partial charge in [-0.2, -0.15) is 0 Å². The van der Waals surface area contributed by atoms with Gasteiger partial charge in [0.15, 0.2) is 0 Å². The van der Waals surface area contributed by atoms with E-state index in [1.54, 1.807) is 0 Å². The standard InChI is InChI=1S/C48H29NO.C44H26O.C42H26O/c1-2-13-33(14-3-1)49-42-21-11-10-16-35(42)40-28-31(22-25-43(40)49)46-36-17-6-8-19-38(36)47(39-20-9-7-18-37(39)46)32-24-26-44-41(29-32)48-34-15-5-4-12-30(34)23-27-45(48)50-44;1-4-14-31-27(11-1)21-24-41-44(31)39-26-29(22-23-40(39)45-41)42-34-17-7-9-19-36(34)43(37-20-10-8-18-35(37)42)38-25-28-12-2-3-13-30(28)32-15-5-6-16-33(32)38;1-2-10-27(11-3-1)28-18-20-30(21-19-28)40-33-14-6-8-16-35(33)41(36-17-9-7-15-34(36)40)31-23-24-38-37(26-31)42-32-13-5-4-12-29(32)22-25-39(42)43-38/h1-29H;1-26H;1-26H. The number of nitrogens with zero attached hydrogens (tertiary/aromatic N) is 1. The molecule has 4 heterocycles. The van der Waals surface area contributed by atoms with Crippen LogP contribution in [0.4, 0.5) is 0 Å². The highest BCUT2D eigenvalue weighted by Crippen LogP contribution is 2.53. The van der Waals surface area contributed by atoms with Gasteiger partial charge in [-0.15, -0.1) is 0 Å². The third-order valence-corrected chi connectivity index (χ3v) is 29.0. The Hall–Kier alpha value is -18.2. The molecule has 0 unspecified atom stereocenters. The van der Waals surface area contributed by atoms with Crippen molar-refractivity contribution in [3.8, 4) is 83.6 Å². The summed E-state index contributed by atoms with van der Waals surface area (Å²) in [6.07, 6.45) is 0. The first-order valence-corrected chi connectivity index (χ1v) is 47.5. The fourth-order valence-corrected chi connectivity index (χ4v) is 23.0. The van der Waals surface area contributed by atoms with E-state index in [2.05, 4.69) is 496 Å². The molecule has 4 aromatic heterocycles. The number of hydrogen-bond donors (Lipinski definition) is 0. The van der Waals surface area contributed by atoms with Crippen LogP contribution in [-0.4, -0.2) is 4.57 Å². The fraction of sp³-hybridized carbons (Fsp3) is 0. The molecule has 0 atom stereocenters. The van der Waals surface area contributed by atoms with Crippen molar-refractivity contribution in [2.75, 3.05) is 0 Å². The summed E-state index contributed by atoms with van der Waals surface area (Å²) in [6, 6.07) is 178. The molecule has 0 N–H and O–H groups in total. The average Bonchev–Trinajstić information content (AvgIpc) is 0.987. The second kappa shape index (κ2) is 31.8. The summed E-state index contributed by atoms with van der Waals surface area (Å²) in [5, 5.41) is 36.9. The Kier molecular flexibility index (Phi) is 18.1. The highest BCUT2D eigenvalue weighted by molar-refractivity contribution is 6.31. The normalized spacial score (nSPS) is 11.9. The molecule has 0 saturated heterocycles. The van der Waals surface area contributed by atoms with Crippen molar-refractivity contribution in [2.45, 2.75) is 0 Å². The second-order valence-corrected chi connectivity index (χ2v) is 36.5. The molecule has 26 aromatic carbocycles. The van der Waals surface area contributed by atoms with Gasteiger partial charge < -0.3 is 17.8 Å². The topological polar surface area (TPSA) is 44.4 Å². The molecule has 0 aliphatic heterocycles. The molecule has 0 fully saturated rings. The summed E-state index contributed by atoms with van der Waals surface area (Å²) in [5.41, 5.74) is 26.4. The zero-order chi connectivity index (χ0) is 90.6. The van der Waals surface area contributed by atoms with E-state index in [0.717, 1.165) is 49.7 Å². The minimum atomic E-state index is 0.910. The summed E-state index contributed by atoms with van der Waals surface area (Å²) in [6.45, 7) is 0. The van der Waals surface area contributed by atoms with Crippen molar-refractivity contribution in [1.82, 2.24) is 4.57 Å². The molecule has 4 nitrogen and oxygen atoms in total. The van der Waals surface area contributed by atoms with E-state index in [-0.39, 0.29) is 0 Å². The van der Waals surface area contributed by atoms with Crippen molar-refractivity contribution in [1.29, 1.82) is 0 Å². The Balaban J connectivity index is 0.000000102. The van der Waals surface area contributed by atoms with Crippen LogP contribution in [-0.2, 0) is 0 Å². The van der Waals surface area contributed by atoms with Crippen molar-refractivity contribution >= 4 is 206 Å². The Labute approximate surface area is 793 Å². The third kappa shape index (κ3) is 12.5. The zero-order valence-corrected chi connectivity index (χ0v) is 74.9. The zero-order valence-electron chi connectivity index (χ0n) is 74.9. The number of furan rings is 3. The van der Waals surface area contributed by atoms with E-state index >= 15 is 0 Å². The molecule has 0 amide bonds. The number of fused-ring (bicyclic) bond motifs is 27. The Bertz CT molecular complexity index is 10100. The number of hydrogen-bond acceptors (Lipinski definition) is 3. The Morgan fingerprint density at radius 1 is 0.130 bits per heavy atom. The molecule has 138 heavy (non-hydrogen) atoms. The molecule has 640 valence electrons. The predicted molar refractivity (Wildman–Crippen MR) is 586 cm³/mol. The van der Waals surface area contributed by atoms with Gasteiger partial charge in [0, 0.05) is 48.8 Å². The first-order chi connectivity index (χ1) is 68.5. The van der Waals surface area contributed by atoms with Gasteiger partial charge in [-0.25, -0.2) is 0 Å². The van der Waals surface area contributed by atoms with Crippen molar-refractivity contribution < 1.29 is 13.3 Å². The molecular formula is C134H81NO3. The lowest BCUT2D eigenvalue weighted by atomic mass is 9.83.